The van der Waals surface area contributed by atoms with Crippen molar-refractivity contribution >= 4 is 17.7 Å². The molecular weight excluding hydrogens is 432 g/mol. The molecule has 0 unspecified atom stereocenters. The number of primary amides is 1. The minimum absolute atomic E-state index is 0.0262. The fourth-order valence-corrected chi connectivity index (χ4v) is 5.70. The maximum atomic E-state index is 13.2. The zero-order valence-electron chi connectivity index (χ0n) is 20.1. The standard InChI is InChI=1S/C26H38N4O4/c27-26(33)21-9-14-28(15-10-21)18-24(31)30-13-5-4-8-23(30)20-11-16-29(17-12-20)25(32)19-34-22-6-2-1-3-7-22/h1-3,6-7,20-21,23H,4-5,8-19H2,(H2,27,33)/t23-/m0/s1. The van der Waals surface area contributed by atoms with E-state index < -0.39 is 0 Å². The van der Waals surface area contributed by atoms with E-state index in [1.54, 1.807) is 0 Å². The van der Waals surface area contributed by atoms with Crippen LogP contribution in [-0.4, -0.2) is 84.3 Å². The Balaban J connectivity index is 1.24. The molecule has 34 heavy (non-hydrogen) atoms. The van der Waals surface area contributed by atoms with Gasteiger partial charge in [-0.2, -0.15) is 0 Å². The molecule has 0 spiro atoms. The summed E-state index contributed by atoms with van der Waals surface area (Å²) in [6, 6.07) is 9.69. The molecule has 3 aliphatic rings. The number of carbonyl (C=O) groups is 3. The summed E-state index contributed by atoms with van der Waals surface area (Å²) in [6.45, 7) is 4.27. The Morgan fingerprint density at radius 1 is 0.853 bits per heavy atom. The number of amides is 3. The van der Waals surface area contributed by atoms with Crippen molar-refractivity contribution in [1.29, 1.82) is 0 Å². The molecule has 3 heterocycles. The van der Waals surface area contributed by atoms with E-state index in [0.717, 1.165) is 77.7 Å². The zero-order chi connectivity index (χ0) is 23.9. The normalized spacial score (nSPS) is 23.0. The van der Waals surface area contributed by atoms with Crippen molar-refractivity contribution < 1.29 is 19.1 Å². The summed E-state index contributed by atoms with van der Waals surface area (Å²) >= 11 is 0. The predicted octanol–water partition coefficient (Wildman–Crippen LogP) is 1.88. The first-order valence-corrected chi connectivity index (χ1v) is 12.8. The molecule has 4 rings (SSSR count). The van der Waals surface area contributed by atoms with E-state index in [-0.39, 0.29) is 36.3 Å². The lowest BCUT2D eigenvalue weighted by atomic mass is 9.83. The summed E-state index contributed by atoms with van der Waals surface area (Å²) in [5.74, 6) is 1.10. The molecule has 2 N–H and O–H groups in total. The first-order chi connectivity index (χ1) is 16.5. The quantitative estimate of drug-likeness (QED) is 0.657. The fraction of sp³-hybridized carbons (Fsp3) is 0.654. The summed E-state index contributed by atoms with van der Waals surface area (Å²) in [6.07, 6.45) is 6.60. The van der Waals surface area contributed by atoms with Crippen LogP contribution in [0, 0.1) is 11.8 Å². The van der Waals surface area contributed by atoms with E-state index in [0.29, 0.717) is 18.2 Å². The molecule has 0 aliphatic carbocycles. The van der Waals surface area contributed by atoms with Crippen LogP contribution in [0.4, 0.5) is 0 Å². The zero-order valence-corrected chi connectivity index (χ0v) is 20.1. The number of piperidine rings is 3. The van der Waals surface area contributed by atoms with Gasteiger partial charge in [-0.25, -0.2) is 0 Å². The molecule has 1 aromatic rings. The van der Waals surface area contributed by atoms with Crippen molar-refractivity contribution in [1.82, 2.24) is 14.7 Å². The molecule has 8 nitrogen and oxygen atoms in total. The molecule has 0 bridgehead atoms. The number of likely N-dealkylation sites (tertiary alicyclic amines) is 3. The molecule has 0 radical (unpaired) electrons. The van der Waals surface area contributed by atoms with Gasteiger partial charge >= 0.3 is 0 Å². The van der Waals surface area contributed by atoms with Crippen LogP contribution < -0.4 is 10.5 Å². The number of nitrogens with zero attached hydrogens (tertiary/aromatic N) is 3. The highest BCUT2D eigenvalue weighted by Crippen LogP contribution is 2.31. The van der Waals surface area contributed by atoms with Gasteiger partial charge in [-0.05, 0) is 76.1 Å². The molecule has 0 saturated carbocycles. The van der Waals surface area contributed by atoms with Gasteiger partial charge in [0.05, 0.1) is 6.54 Å². The van der Waals surface area contributed by atoms with E-state index in [1.165, 1.54) is 0 Å². The van der Waals surface area contributed by atoms with Crippen LogP contribution in [-0.2, 0) is 14.4 Å². The van der Waals surface area contributed by atoms with E-state index in [2.05, 4.69) is 9.80 Å². The Hall–Kier alpha value is -2.61. The molecule has 1 aromatic carbocycles. The number of nitrogens with two attached hydrogens (primary N) is 1. The second kappa shape index (κ2) is 11.7. The fourth-order valence-electron chi connectivity index (χ4n) is 5.70. The number of ether oxygens (including phenoxy) is 1. The maximum Gasteiger partial charge on any atom is 0.260 e. The van der Waals surface area contributed by atoms with Crippen molar-refractivity contribution in [3.05, 3.63) is 30.3 Å². The summed E-state index contributed by atoms with van der Waals surface area (Å²) in [5, 5.41) is 0. The smallest absolute Gasteiger partial charge is 0.260 e. The van der Waals surface area contributed by atoms with Gasteiger partial charge in [0.15, 0.2) is 6.61 Å². The highest BCUT2D eigenvalue weighted by atomic mass is 16.5. The van der Waals surface area contributed by atoms with Gasteiger partial charge in [0.1, 0.15) is 5.75 Å². The minimum Gasteiger partial charge on any atom is -0.484 e. The third kappa shape index (κ3) is 6.29. The van der Waals surface area contributed by atoms with Crippen LogP contribution in [0.15, 0.2) is 30.3 Å². The Bertz CT molecular complexity index is 832. The van der Waals surface area contributed by atoms with E-state index in [1.807, 2.05) is 35.2 Å². The van der Waals surface area contributed by atoms with Gasteiger partial charge in [-0.15, -0.1) is 0 Å². The number of para-hydroxylation sites is 1. The largest absolute Gasteiger partial charge is 0.484 e. The summed E-state index contributed by atoms with van der Waals surface area (Å²) in [5.41, 5.74) is 5.44. The van der Waals surface area contributed by atoms with Crippen LogP contribution in [0.5, 0.6) is 5.75 Å². The molecule has 8 heteroatoms. The van der Waals surface area contributed by atoms with Crippen molar-refractivity contribution in [2.75, 3.05) is 45.9 Å². The lowest BCUT2D eigenvalue weighted by Crippen LogP contribution is -2.54. The van der Waals surface area contributed by atoms with Crippen LogP contribution >= 0.6 is 0 Å². The second-order valence-corrected chi connectivity index (χ2v) is 9.92. The Labute approximate surface area is 202 Å². The first-order valence-electron chi connectivity index (χ1n) is 12.8. The van der Waals surface area contributed by atoms with Gasteiger partial charge < -0.3 is 20.3 Å². The van der Waals surface area contributed by atoms with Gasteiger partial charge in [0.25, 0.3) is 5.91 Å². The van der Waals surface area contributed by atoms with Crippen molar-refractivity contribution in [2.24, 2.45) is 17.6 Å². The lowest BCUT2D eigenvalue weighted by Gasteiger charge is -2.44. The highest BCUT2D eigenvalue weighted by Gasteiger charge is 2.36. The second-order valence-electron chi connectivity index (χ2n) is 9.92. The third-order valence-corrected chi connectivity index (χ3v) is 7.76. The van der Waals surface area contributed by atoms with E-state index >= 15 is 0 Å². The van der Waals surface area contributed by atoms with Gasteiger partial charge in [-0.1, -0.05) is 18.2 Å². The molecule has 0 aromatic heterocycles. The number of rotatable bonds is 7. The first kappa shape index (κ1) is 24.5. The van der Waals surface area contributed by atoms with Crippen LogP contribution in [0.3, 0.4) is 0 Å². The SMILES string of the molecule is NC(=O)C1CCN(CC(=O)N2CCCC[C@H]2C2CCN(C(=O)COc3ccccc3)CC2)CC1. The third-order valence-electron chi connectivity index (χ3n) is 7.76. The number of hydrogen-bond donors (Lipinski definition) is 1. The molecule has 3 amide bonds. The number of hydrogen-bond acceptors (Lipinski definition) is 5. The molecular formula is C26H38N4O4. The lowest BCUT2D eigenvalue weighted by molar-refractivity contribution is -0.140. The molecule has 3 aliphatic heterocycles. The monoisotopic (exact) mass is 470 g/mol. The molecule has 3 fully saturated rings. The van der Waals surface area contributed by atoms with Gasteiger partial charge in [0, 0.05) is 31.6 Å². The molecule has 186 valence electrons. The molecule has 3 saturated heterocycles. The summed E-state index contributed by atoms with van der Waals surface area (Å²) in [7, 11) is 0. The van der Waals surface area contributed by atoms with Gasteiger partial charge in [-0.3, -0.25) is 19.3 Å². The summed E-state index contributed by atoms with van der Waals surface area (Å²) in [4.78, 5) is 43.5. The predicted molar refractivity (Wildman–Crippen MR) is 129 cm³/mol. The maximum absolute atomic E-state index is 13.2. The minimum atomic E-state index is -0.224. The highest BCUT2D eigenvalue weighted by molar-refractivity contribution is 5.79. The Morgan fingerprint density at radius 3 is 2.24 bits per heavy atom. The van der Waals surface area contributed by atoms with Crippen molar-refractivity contribution in [3.8, 4) is 5.75 Å². The van der Waals surface area contributed by atoms with Gasteiger partial charge in [0.2, 0.25) is 11.8 Å². The van der Waals surface area contributed by atoms with Crippen LogP contribution in [0.1, 0.15) is 44.9 Å². The van der Waals surface area contributed by atoms with Crippen molar-refractivity contribution in [3.63, 3.8) is 0 Å². The number of benzene rings is 1. The Morgan fingerprint density at radius 2 is 1.56 bits per heavy atom. The molecule has 1 atom stereocenters. The van der Waals surface area contributed by atoms with Crippen molar-refractivity contribution in [2.45, 2.75) is 51.0 Å². The number of carbonyl (C=O) groups excluding carboxylic acids is 3. The average molecular weight is 471 g/mol. The van der Waals surface area contributed by atoms with Crippen LogP contribution in [0.25, 0.3) is 0 Å². The summed E-state index contributed by atoms with van der Waals surface area (Å²) < 4.78 is 5.63. The average Bonchev–Trinajstić information content (AvgIpc) is 2.88. The van der Waals surface area contributed by atoms with Crippen LogP contribution in [0.2, 0.25) is 0 Å². The topological polar surface area (TPSA) is 96.2 Å². The Kier molecular flexibility index (Phi) is 8.43. The van der Waals surface area contributed by atoms with E-state index in [9.17, 15) is 14.4 Å². The van der Waals surface area contributed by atoms with E-state index in [4.69, 9.17) is 10.5 Å².